The molecule has 0 radical (unpaired) electrons. The van der Waals surface area contributed by atoms with Crippen LogP contribution >= 0.6 is 0 Å². The topological polar surface area (TPSA) is 78.9 Å². The van der Waals surface area contributed by atoms with Gasteiger partial charge in [0, 0.05) is 18.2 Å². The van der Waals surface area contributed by atoms with Crippen LogP contribution in [0, 0.1) is 6.92 Å². The molecule has 2 aromatic carbocycles. The van der Waals surface area contributed by atoms with Crippen LogP contribution in [0.25, 0.3) is 0 Å². The number of amidine groups is 1. The lowest BCUT2D eigenvalue weighted by Crippen LogP contribution is -2.29. The van der Waals surface area contributed by atoms with Crippen molar-refractivity contribution in [3.05, 3.63) is 65.2 Å². The molecule has 2 rings (SSSR count). The van der Waals surface area contributed by atoms with Crippen LogP contribution in [0.4, 0.5) is 5.69 Å². The maximum Gasteiger partial charge on any atom is 0.258 e. The number of aryl methyl sites for hydroxylation is 1. The highest BCUT2D eigenvalue weighted by Crippen LogP contribution is 2.21. The molecule has 1 amide bonds. The second kappa shape index (κ2) is 6.09. The molecule has 0 bridgehead atoms. The number of amides is 1. The number of carbonyl (C=O) groups excluding carboxylic acids is 1. The van der Waals surface area contributed by atoms with E-state index < -0.39 is 0 Å². The molecule has 2 aromatic rings. The number of benzene rings is 2. The molecule has 0 aliphatic heterocycles. The van der Waals surface area contributed by atoms with Crippen LogP contribution in [0.5, 0.6) is 0 Å². The summed E-state index contributed by atoms with van der Waals surface area (Å²) in [6.45, 7) is 1.96. The molecule has 0 saturated heterocycles. The van der Waals surface area contributed by atoms with Gasteiger partial charge < -0.3 is 15.8 Å². The summed E-state index contributed by atoms with van der Waals surface area (Å²) in [5.74, 6) is -0.192. The molecule has 5 heteroatoms. The average molecular weight is 283 g/mol. The molecule has 0 spiro atoms. The first-order valence-electron chi connectivity index (χ1n) is 6.46. The lowest BCUT2D eigenvalue weighted by Gasteiger charge is -2.20. The van der Waals surface area contributed by atoms with Crippen molar-refractivity contribution in [2.24, 2.45) is 10.9 Å². The number of para-hydroxylation sites is 1. The van der Waals surface area contributed by atoms with Gasteiger partial charge in [0.05, 0.1) is 5.69 Å². The van der Waals surface area contributed by atoms with E-state index in [0.29, 0.717) is 16.8 Å². The molecule has 108 valence electrons. The second-order valence-electron chi connectivity index (χ2n) is 4.73. The first-order chi connectivity index (χ1) is 10.0. The molecule has 0 aliphatic rings. The zero-order valence-corrected chi connectivity index (χ0v) is 11.9. The molecule has 3 N–H and O–H groups in total. The van der Waals surface area contributed by atoms with Crippen LogP contribution < -0.4 is 10.6 Å². The minimum Gasteiger partial charge on any atom is -0.409 e. The molecular formula is C16H17N3O2. The van der Waals surface area contributed by atoms with E-state index in [2.05, 4.69) is 5.16 Å². The summed E-state index contributed by atoms with van der Waals surface area (Å²) in [6.07, 6.45) is 0. The number of hydrogen-bond acceptors (Lipinski definition) is 3. The third kappa shape index (κ3) is 3.02. The highest BCUT2D eigenvalue weighted by Gasteiger charge is 2.17. The van der Waals surface area contributed by atoms with Gasteiger partial charge in [-0.05, 0) is 31.2 Å². The molecule has 5 nitrogen and oxygen atoms in total. The van der Waals surface area contributed by atoms with Gasteiger partial charge in [0.15, 0.2) is 5.84 Å². The van der Waals surface area contributed by atoms with Crippen LogP contribution in [0.2, 0.25) is 0 Å². The van der Waals surface area contributed by atoms with Crippen LogP contribution in [0.3, 0.4) is 0 Å². The van der Waals surface area contributed by atoms with Crippen molar-refractivity contribution in [2.45, 2.75) is 6.92 Å². The summed E-state index contributed by atoms with van der Waals surface area (Å²) in [7, 11) is 1.66. The van der Waals surface area contributed by atoms with E-state index in [9.17, 15) is 4.79 Å². The lowest BCUT2D eigenvalue weighted by atomic mass is 10.1. The number of oxime groups is 1. The summed E-state index contributed by atoms with van der Waals surface area (Å²) in [4.78, 5) is 14.0. The largest absolute Gasteiger partial charge is 0.409 e. The van der Waals surface area contributed by atoms with E-state index >= 15 is 0 Å². The SMILES string of the molecule is Cc1ccc(C(=O)N(C)c2ccccc2/C(N)=N/O)cc1. The first kappa shape index (κ1) is 14.6. The monoisotopic (exact) mass is 283 g/mol. The Labute approximate surface area is 123 Å². The second-order valence-corrected chi connectivity index (χ2v) is 4.73. The smallest absolute Gasteiger partial charge is 0.258 e. The van der Waals surface area contributed by atoms with E-state index in [1.165, 1.54) is 4.90 Å². The Kier molecular flexibility index (Phi) is 4.23. The Morgan fingerprint density at radius 1 is 1.14 bits per heavy atom. The van der Waals surface area contributed by atoms with Crippen molar-refractivity contribution < 1.29 is 10.0 Å². The molecule has 0 atom stereocenters. The van der Waals surface area contributed by atoms with Crippen molar-refractivity contribution >= 4 is 17.4 Å². The fourth-order valence-electron chi connectivity index (χ4n) is 2.04. The van der Waals surface area contributed by atoms with Crippen molar-refractivity contribution in [3.63, 3.8) is 0 Å². The number of carbonyl (C=O) groups is 1. The van der Waals surface area contributed by atoms with Crippen molar-refractivity contribution in [3.8, 4) is 0 Å². The normalized spacial score (nSPS) is 11.2. The maximum atomic E-state index is 12.5. The Bertz CT molecular complexity index is 678. The Morgan fingerprint density at radius 2 is 1.76 bits per heavy atom. The minimum absolute atomic E-state index is 0.0332. The number of nitrogens with zero attached hydrogens (tertiary/aromatic N) is 2. The molecule has 0 aliphatic carbocycles. The molecule has 0 heterocycles. The third-order valence-corrected chi connectivity index (χ3v) is 3.25. The molecule has 21 heavy (non-hydrogen) atoms. The zero-order valence-electron chi connectivity index (χ0n) is 11.9. The van der Waals surface area contributed by atoms with E-state index in [1.807, 2.05) is 19.1 Å². The van der Waals surface area contributed by atoms with Gasteiger partial charge in [-0.1, -0.05) is 35.0 Å². The summed E-state index contributed by atoms with van der Waals surface area (Å²) in [5, 5.41) is 11.8. The quantitative estimate of drug-likeness (QED) is 0.393. The van der Waals surface area contributed by atoms with Gasteiger partial charge in [-0.2, -0.15) is 0 Å². The van der Waals surface area contributed by atoms with Gasteiger partial charge in [0.1, 0.15) is 0 Å². The number of hydrogen-bond donors (Lipinski definition) is 2. The number of anilines is 1. The predicted octanol–water partition coefficient (Wildman–Crippen LogP) is 2.37. The number of nitrogens with two attached hydrogens (primary N) is 1. The molecule has 0 saturated carbocycles. The summed E-state index contributed by atoms with van der Waals surface area (Å²) in [6, 6.07) is 14.3. The zero-order chi connectivity index (χ0) is 15.4. The van der Waals surface area contributed by atoms with Crippen LogP contribution in [-0.2, 0) is 0 Å². The highest BCUT2D eigenvalue weighted by atomic mass is 16.4. The van der Waals surface area contributed by atoms with Gasteiger partial charge in [0.2, 0.25) is 0 Å². The molecule has 0 unspecified atom stereocenters. The Balaban J connectivity index is 2.38. The summed E-state index contributed by atoms with van der Waals surface area (Å²) < 4.78 is 0. The third-order valence-electron chi connectivity index (χ3n) is 3.25. The first-order valence-corrected chi connectivity index (χ1v) is 6.46. The van der Waals surface area contributed by atoms with E-state index in [-0.39, 0.29) is 11.7 Å². The van der Waals surface area contributed by atoms with Gasteiger partial charge in [0.25, 0.3) is 5.91 Å². The predicted molar refractivity (Wildman–Crippen MR) is 82.9 cm³/mol. The Morgan fingerprint density at radius 3 is 2.38 bits per heavy atom. The average Bonchev–Trinajstić information content (AvgIpc) is 2.53. The minimum atomic E-state index is -0.159. The van der Waals surface area contributed by atoms with E-state index in [1.54, 1.807) is 43.4 Å². The van der Waals surface area contributed by atoms with E-state index in [4.69, 9.17) is 10.9 Å². The van der Waals surface area contributed by atoms with Crippen LogP contribution in [-0.4, -0.2) is 24.0 Å². The molecule has 0 fully saturated rings. The van der Waals surface area contributed by atoms with Gasteiger partial charge in [-0.25, -0.2) is 0 Å². The van der Waals surface area contributed by atoms with Gasteiger partial charge in [-0.3, -0.25) is 4.79 Å². The van der Waals surface area contributed by atoms with Crippen LogP contribution in [0.1, 0.15) is 21.5 Å². The van der Waals surface area contributed by atoms with Gasteiger partial charge >= 0.3 is 0 Å². The standard InChI is InChI=1S/C16H17N3O2/c1-11-7-9-12(10-8-11)16(20)19(2)14-6-4-3-5-13(14)15(17)18-21/h3-10,21H,1-2H3,(H2,17,18). The lowest BCUT2D eigenvalue weighted by molar-refractivity contribution is 0.0993. The fraction of sp³-hybridized carbons (Fsp3) is 0.125. The van der Waals surface area contributed by atoms with E-state index in [0.717, 1.165) is 5.56 Å². The molecular weight excluding hydrogens is 266 g/mol. The van der Waals surface area contributed by atoms with Crippen molar-refractivity contribution in [2.75, 3.05) is 11.9 Å². The van der Waals surface area contributed by atoms with Crippen LogP contribution in [0.15, 0.2) is 53.7 Å². The number of rotatable bonds is 3. The Hall–Kier alpha value is -2.82. The van der Waals surface area contributed by atoms with Crippen molar-refractivity contribution in [1.82, 2.24) is 0 Å². The highest BCUT2D eigenvalue weighted by molar-refractivity contribution is 6.10. The summed E-state index contributed by atoms with van der Waals surface area (Å²) >= 11 is 0. The summed E-state index contributed by atoms with van der Waals surface area (Å²) in [5.41, 5.74) is 8.41. The van der Waals surface area contributed by atoms with Crippen molar-refractivity contribution in [1.29, 1.82) is 0 Å². The maximum absolute atomic E-state index is 12.5. The fourth-order valence-corrected chi connectivity index (χ4v) is 2.04. The molecule has 0 aromatic heterocycles. The van der Waals surface area contributed by atoms with Gasteiger partial charge in [-0.15, -0.1) is 0 Å².